The summed E-state index contributed by atoms with van der Waals surface area (Å²) in [4.78, 5) is 43.1. The van der Waals surface area contributed by atoms with Crippen molar-refractivity contribution in [2.45, 2.75) is 105 Å². The molecule has 0 aliphatic carbocycles. The number of thiophene rings is 1. The van der Waals surface area contributed by atoms with Gasteiger partial charge in [0.1, 0.15) is 12.3 Å². The lowest BCUT2D eigenvalue weighted by atomic mass is 9.84. The molecule has 5 rings (SSSR count). The van der Waals surface area contributed by atoms with Crippen molar-refractivity contribution in [3.8, 4) is 11.3 Å². The van der Waals surface area contributed by atoms with Crippen molar-refractivity contribution in [3.63, 3.8) is 0 Å². The summed E-state index contributed by atoms with van der Waals surface area (Å²) in [6.45, 7) is 23.7. The van der Waals surface area contributed by atoms with Crippen molar-refractivity contribution in [3.05, 3.63) is 91.7 Å². The van der Waals surface area contributed by atoms with Crippen LogP contribution < -0.4 is 10.9 Å². The quantitative estimate of drug-likeness (QED) is 0.0928. The van der Waals surface area contributed by atoms with Crippen LogP contribution in [-0.4, -0.2) is 60.2 Å². The van der Waals surface area contributed by atoms with Crippen molar-refractivity contribution < 1.29 is 23.5 Å². The zero-order valence-corrected chi connectivity index (χ0v) is 37.3. The number of nitrogens with one attached hydrogen (secondary N) is 1. The molecule has 1 atom stereocenters. The average Bonchev–Trinajstić information content (AvgIpc) is 3.79. The number of hydrogen-bond acceptors (Lipinski definition) is 8. The summed E-state index contributed by atoms with van der Waals surface area (Å²) in [6, 6.07) is 14.0. The summed E-state index contributed by atoms with van der Waals surface area (Å²) in [5, 5.41) is 8.06. The van der Waals surface area contributed by atoms with E-state index in [1.165, 1.54) is 26.7 Å². The minimum Gasteiger partial charge on any atom is -0.443 e. The first-order valence-corrected chi connectivity index (χ1v) is 25.7. The number of fused-ring (bicyclic) bond motifs is 1. The van der Waals surface area contributed by atoms with Crippen LogP contribution in [0.1, 0.15) is 68.4 Å². The van der Waals surface area contributed by atoms with Crippen LogP contribution in [0, 0.1) is 5.41 Å². The molecule has 5 aromatic rings. The van der Waals surface area contributed by atoms with Crippen molar-refractivity contribution in [1.82, 2.24) is 18.9 Å². The topological polar surface area (TPSA) is 119 Å². The molecule has 1 amide bonds. The number of carbonyl (C=O) groups is 2. The second-order valence-corrected chi connectivity index (χ2v) is 26.8. The molecule has 15 heteroatoms. The third-order valence-electron chi connectivity index (χ3n) is 8.53. The lowest BCUT2D eigenvalue weighted by Crippen LogP contribution is -2.29. The van der Waals surface area contributed by atoms with Gasteiger partial charge in [-0.05, 0) is 87.3 Å². The molecule has 0 saturated carbocycles. The standard InChI is InChI=1S/C40H53ClN5O6SSi2/c1-39(2,3)35(52-54(7)8)26-12-14-32-27(18-26)19-33(46(32)38(49)51-40(4,5)6)31-20-29(23-44(37(31)48)25-50-16-17-55(9,10)11)43-36(47)28-21-42-45(22-28)24-30-13-15-34(41)53-30/h12-15,18-23,35H,16-17,24-25H2,1-11H3,(H,43,47). The van der Waals surface area contributed by atoms with Gasteiger partial charge in [0, 0.05) is 37.3 Å². The summed E-state index contributed by atoms with van der Waals surface area (Å²) in [6.07, 6.45) is 3.90. The fraction of sp³-hybridized carbons (Fsp3) is 0.450. The van der Waals surface area contributed by atoms with Crippen LogP contribution in [0.5, 0.6) is 0 Å². The number of aromatic nitrogens is 4. The first-order chi connectivity index (χ1) is 25.6. The van der Waals surface area contributed by atoms with E-state index in [-0.39, 0.29) is 29.4 Å². The van der Waals surface area contributed by atoms with E-state index in [9.17, 15) is 14.4 Å². The van der Waals surface area contributed by atoms with E-state index in [0.29, 0.717) is 39.9 Å². The van der Waals surface area contributed by atoms with Gasteiger partial charge in [0.2, 0.25) is 9.04 Å². The van der Waals surface area contributed by atoms with Gasteiger partial charge in [0.25, 0.3) is 11.5 Å². The third-order valence-corrected chi connectivity index (χ3v) is 12.2. The van der Waals surface area contributed by atoms with E-state index in [0.717, 1.165) is 21.9 Å². The van der Waals surface area contributed by atoms with Gasteiger partial charge in [-0.25, -0.2) is 9.36 Å². The second kappa shape index (κ2) is 16.7. The zero-order chi connectivity index (χ0) is 40.5. The van der Waals surface area contributed by atoms with E-state index in [2.05, 4.69) is 63.9 Å². The first kappa shape index (κ1) is 42.3. The second-order valence-electron chi connectivity index (χ2n) is 17.3. The molecule has 0 aliphatic rings. The molecule has 0 saturated heterocycles. The molecule has 0 aliphatic heterocycles. The van der Waals surface area contributed by atoms with E-state index in [1.807, 2.05) is 36.4 Å². The molecular formula is C40H53ClN5O6SSi2. The van der Waals surface area contributed by atoms with Crippen LogP contribution in [0.25, 0.3) is 22.2 Å². The summed E-state index contributed by atoms with van der Waals surface area (Å²) in [5.74, 6) is -0.412. The van der Waals surface area contributed by atoms with Gasteiger partial charge in [0.15, 0.2) is 0 Å². The molecule has 11 nitrogen and oxygen atoms in total. The van der Waals surface area contributed by atoms with E-state index < -0.39 is 34.7 Å². The summed E-state index contributed by atoms with van der Waals surface area (Å²) in [5.41, 5.74) is 1.34. The highest BCUT2D eigenvalue weighted by atomic mass is 35.5. The van der Waals surface area contributed by atoms with Crippen molar-refractivity contribution in [2.24, 2.45) is 5.41 Å². The Morgan fingerprint density at radius 1 is 1.02 bits per heavy atom. The van der Waals surface area contributed by atoms with Gasteiger partial charge >= 0.3 is 6.09 Å². The highest BCUT2D eigenvalue weighted by molar-refractivity contribution is 7.16. The minimum atomic E-state index is -1.40. The van der Waals surface area contributed by atoms with Gasteiger partial charge in [-0.15, -0.1) is 11.3 Å². The predicted octanol–water partition coefficient (Wildman–Crippen LogP) is 10.1. The molecule has 0 fully saturated rings. The van der Waals surface area contributed by atoms with Crippen LogP contribution in [0.15, 0.2) is 65.8 Å². The maximum absolute atomic E-state index is 14.4. The fourth-order valence-electron chi connectivity index (χ4n) is 5.97. The molecule has 1 aromatic carbocycles. The van der Waals surface area contributed by atoms with Gasteiger partial charge in [-0.2, -0.15) is 5.10 Å². The van der Waals surface area contributed by atoms with Gasteiger partial charge in [-0.1, -0.05) is 58.1 Å². The molecular weight excluding hydrogens is 770 g/mol. The Morgan fingerprint density at radius 3 is 2.36 bits per heavy atom. The Morgan fingerprint density at radius 2 is 1.75 bits per heavy atom. The molecule has 1 unspecified atom stereocenters. The van der Waals surface area contributed by atoms with Crippen LogP contribution in [-0.2, 0) is 27.2 Å². The minimum absolute atomic E-state index is 0.0409. The number of benzene rings is 1. The predicted molar refractivity (Wildman–Crippen MR) is 227 cm³/mol. The number of pyridine rings is 1. The number of ether oxygens (including phenoxy) is 2. The average molecular weight is 824 g/mol. The number of nitrogens with zero attached hydrogens (tertiary/aromatic N) is 4. The van der Waals surface area contributed by atoms with Crippen molar-refractivity contribution in [1.29, 1.82) is 0 Å². The Balaban J connectivity index is 1.61. The lowest BCUT2D eigenvalue weighted by molar-refractivity contribution is 0.0547. The summed E-state index contributed by atoms with van der Waals surface area (Å²) in [7, 11) is -2.45. The number of hydrogen-bond donors (Lipinski definition) is 1. The van der Waals surface area contributed by atoms with Crippen LogP contribution in [0.3, 0.4) is 0 Å². The maximum Gasteiger partial charge on any atom is 0.419 e. The summed E-state index contributed by atoms with van der Waals surface area (Å²) < 4.78 is 23.6. The van der Waals surface area contributed by atoms with E-state index in [4.69, 9.17) is 25.5 Å². The Kier molecular flexibility index (Phi) is 12.9. The number of anilines is 1. The van der Waals surface area contributed by atoms with E-state index in [1.54, 1.807) is 43.9 Å². The number of halogens is 1. The van der Waals surface area contributed by atoms with Crippen LogP contribution in [0.4, 0.5) is 10.5 Å². The number of amides is 1. The number of rotatable bonds is 13. The maximum atomic E-state index is 14.4. The van der Waals surface area contributed by atoms with Crippen molar-refractivity contribution >= 4 is 68.6 Å². The fourth-order valence-corrected chi connectivity index (χ4v) is 8.77. The molecule has 295 valence electrons. The van der Waals surface area contributed by atoms with E-state index >= 15 is 0 Å². The highest BCUT2D eigenvalue weighted by Gasteiger charge is 2.30. The SMILES string of the molecule is C[Si](C)OC(c1ccc2c(c1)cc(-c1cc(NC(=O)c3cnn(Cc4ccc(Cl)s4)c3)cn(COCC[Si](C)(C)C)c1=O)n2C(=O)OC(C)(C)C)C(C)(C)C. The monoisotopic (exact) mass is 822 g/mol. The van der Waals surface area contributed by atoms with Gasteiger partial charge < -0.3 is 19.2 Å². The van der Waals surface area contributed by atoms with Gasteiger partial charge in [0.05, 0.1) is 51.2 Å². The normalized spacial score (nSPS) is 13.1. The molecule has 55 heavy (non-hydrogen) atoms. The largest absolute Gasteiger partial charge is 0.443 e. The number of carbonyl (C=O) groups excluding carboxylic acids is 2. The molecule has 0 bridgehead atoms. The van der Waals surface area contributed by atoms with Crippen molar-refractivity contribution in [2.75, 3.05) is 11.9 Å². The Hall–Kier alpha value is -3.80. The highest BCUT2D eigenvalue weighted by Crippen LogP contribution is 2.39. The van der Waals surface area contributed by atoms with Crippen LogP contribution in [0.2, 0.25) is 43.1 Å². The Labute approximate surface area is 335 Å². The smallest absolute Gasteiger partial charge is 0.419 e. The molecule has 1 N–H and O–H groups in total. The Bertz CT molecular complexity index is 2220. The zero-order valence-electron chi connectivity index (χ0n) is 33.7. The van der Waals surface area contributed by atoms with Crippen LogP contribution >= 0.6 is 22.9 Å². The van der Waals surface area contributed by atoms with Gasteiger partial charge in [-0.3, -0.25) is 18.8 Å². The molecule has 0 spiro atoms. The molecule has 1 radical (unpaired) electrons. The lowest BCUT2D eigenvalue weighted by Gasteiger charge is -2.33. The third kappa shape index (κ3) is 11.2. The first-order valence-electron chi connectivity index (χ1n) is 18.3. The summed E-state index contributed by atoms with van der Waals surface area (Å²) >= 11 is 7.55. The molecule has 4 aromatic heterocycles. The molecule has 4 heterocycles.